The van der Waals surface area contributed by atoms with Crippen LogP contribution in [-0.2, 0) is 6.42 Å². The zero-order chi connectivity index (χ0) is 22.4. The molecule has 8 rings (SSSR count). The van der Waals surface area contributed by atoms with Crippen LogP contribution >= 0.6 is 0 Å². The highest BCUT2D eigenvalue weighted by atomic mass is 16.3. The molecule has 1 unspecified atom stereocenters. The Bertz CT molecular complexity index is 1800. The van der Waals surface area contributed by atoms with Crippen molar-refractivity contribution in [3.05, 3.63) is 108 Å². The van der Waals surface area contributed by atoms with E-state index in [0.29, 0.717) is 6.04 Å². The first-order valence-corrected chi connectivity index (χ1v) is 11.9. The van der Waals surface area contributed by atoms with Gasteiger partial charge >= 0.3 is 0 Å². The number of aromatic nitrogens is 1. The van der Waals surface area contributed by atoms with Crippen LogP contribution in [0.25, 0.3) is 50.2 Å². The Labute approximate surface area is 197 Å². The molecule has 0 saturated carbocycles. The highest BCUT2D eigenvalue weighted by Crippen LogP contribution is 2.48. The maximum atomic E-state index is 6.29. The molecule has 3 heterocycles. The van der Waals surface area contributed by atoms with E-state index < -0.39 is 0 Å². The van der Waals surface area contributed by atoms with Gasteiger partial charge < -0.3 is 13.9 Å². The largest absolute Gasteiger partial charge is 0.456 e. The molecule has 6 aromatic rings. The summed E-state index contributed by atoms with van der Waals surface area (Å²) in [5.41, 5.74) is 11.1. The molecule has 0 bridgehead atoms. The Morgan fingerprint density at radius 2 is 1.56 bits per heavy atom. The van der Waals surface area contributed by atoms with E-state index in [1.165, 1.54) is 55.4 Å². The van der Waals surface area contributed by atoms with Crippen molar-refractivity contribution in [3.8, 4) is 5.69 Å². The molecule has 0 fully saturated rings. The Morgan fingerprint density at radius 3 is 2.47 bits per heavy atom. The van der Waals surface area contributed by atoms with Gasteiger partial charge in [0.2, 0.25) is 0 Å². The maximum absolute atomic E-state index is 6.29. The summed E-state index contributed by atoms with van der Waals surface area (Å²) in [4.78, 5) is 2.45. The van der Waals surface area contributed by atoms with Gasteiger partial charge in [-0.25, -0.2) is 0 Å². The minimum atomic E-state index is 0.341. The lowest BCUT2D eigenvalue weighted by atomic mass is 9.88. The minimum Gasteiger partial charge on any atom is -0.456 e. The Kier molecular flexibility index (Phi) is 3.44. The number of fused-ring (bicyclic) bond motifs is 10. The topological polar surface area (TPSA) is 21.3 Å². The van der Waals surface area contributed by atoms with Gasteiger partial charge in [-0.2, -0.15) is 0 Å². The van der Waals surface area contributed by atoms with Crippen LogP contribution in [0.4, 0.5) is 5.69 Å². The molecule has 2 aromatic heterocycles. The smallest absolute Gasteiger partial charge is 0.136 e. The number of likely N-dealkylation sites (N-methyl/N-ethyl adjacent to an activating group) is 1. The normalized spacial score (nSPS) is 16.7. The molecule has 2 aliphatic rings. The van der Waals surface area contributed by atoms with Gasteiger partial charge in [-0.05, 0) is 60.0 Å². The fraction of sp³-hybridized carbons (Fsp3) is 0.0968. The third-order valence-electron chi connectivity index (χ3n) is 7.74. The first kappa shape index (κ1) is 18.2. The second kappa shape index (κ2) is 6.42. The molecule has 4 aromatic carbocycles. The summed E-state index contributed by atoms with van der Waals surface area (Å²) in [6.07, 6.45) is 3.41. The average Bonchev–Trinajstić information content (AvgIpc) is 3.51. The number of benzene rings is 4. The quantitative estimate of drug-likeness (QED) is 0.266. The van der Waals surface area contributed by atoms with E-state index in [0.717, 1.165) is 17.6 Å². The van der Waals surface area contributed by atoms with Crippen molar-refractivity contribution in [1.82, 2.24) is 4.57 Å². The van der Waals surface area contributed by atoms with Crippen LogP contribution in [0.1, 0.15) is 16.8 Å². The van der Waals surface area contributed by atoms with Crippen molar-refractivity contribution in [2.75, 3.05) is 11.9 Å². The molecule has 0 amide bonds. The molecule has 34 heavy (non-hydrogen) atoms. The van der Waals surface area contributed by atoms with E-state index in [2.05, 4.69) is 108 Å². The van der Waals surface area contributed by atoms with Crippen molar-refractivity contribution in [3.63, 3.8) is 0 Å². The molecule has 3 nitrogen and oxygen atoms in total. The second-order valence-electron chi connectivity index (χ2n) is 9.41. The van der Waals surface area contributed by atoms with Crippen LogP contribution in [0.2, 0.25) is 0 Å². The lowest BCUT2D eigenvalue weighted by Crippen LogP contribution is -2.31. The van der Waals surface area contributed by atoms with Crippen LogP contribution in [0.15, 0.2) is 95.4 Å². The number of nitrogens with zero attached hydrogens (tertiary/aromatic N) is 2. The summed E-state index contributed by atoms with van der Waals surface area (Å²) in [7, 11) is 2.23. The summed E-state index contributed by atoms with van der Waals surface area (Å²) >= 11 is 0. The minimum absolute atomic E-state index is 0.341. The number of hydrogen-bond acceptors (Lipinski definition) is 2. The van der Waals surface area contributed by atoms with Crippen molar-refractivity contribution in [2.45, 2.75) is 12.5 Å². The zero-order valence-corrected chi connectivity index (χ0v) is 18.8. The molecule has 0 saturated heterocycles. The van der Waals surface area contributed by atoms with Crippen molar-refractivity contribution < 1.29 is 4.42 Å². The number of hydrogen-bond donors (Lipinski definition) is 0. The van der Waals surface area contributed by atoms with Crippen LogP contribution in [0, 0.1) is 0 Å². The fourth-order valence-electron chi connectivity index (χ4n) is 6.25. The van der Waals surface area contributed by atoms with Gasteiger partial charge in [-0.3, -0.25) is 0 Å². The molecule has 3 heteroatoms. The van der Waals surface area contributed by atoms with Crippen LogP contribution < -0.4 is 4.90 Å². The van der Waals surface area contributed by atoms with Gasteiger partial charge in [0.15, 0.2) is 0 Å². The summed E-state index contributed by atoms with van der Waals surface area (Å²) in [5.74, 6) is 0. The molecule has 0 spiro atoms. The maximum Gasteiger partial charge on any atom is 0.136 e. The van der Waals surface area contributed by atoms with Crippen molar-refractivity contribution >= 4 is 50.2 Å². The molecule has 1 atom stereocenters. The molecule has 1 aliphatic carbocycles. The standard InChI is InChI=1S/C31H22N2O/c1-32-24-13-7-5-11-20(24)22-17-27-23(18-26(22)32)30-25(33(27)19-9-3-2-4-10-19)15-16-29-31(30)21-12-6-8-14-28(21)34-29/h2-17,26H,18H2,1H3. The van der Waals surface area contributed by atoms with Gasteiger partial charge in [-0.1, -0.05) is 54.6 Å². The highest BCUT2D eigenvalue weighted by molar-refractivity contribution is 6.21. The van der Waals surface area contributed by atoms with Gasteiger partial charge in [0.25, 0.3) is 0 Å². The number of para-hydroxylation sites is 3. The second-order valence-corrected chi connectivity index (χ2v) is 9.41. The van der Waals surface area contributed by atoms with Gasteiger partial charge in [0.1, 0.15) is 11.2 Å². The Morgan fingerprint density at radius 1 is 0.765 bits per heavy atom. The van der Waals surface area contributed by atoms with Crippen LogP contribution in [0.5, 0.6) is 0 Å². The summed E-state index contributed by atoms with van der Waals surface area (Å²) in [6, 6.07) is 32.7. The highest BCUT2D eigenvalue weighted by Gasteiger charge is 2.37. The van der Waals surface area contributed by atoms with Crippen LogP contribution in [0.3, 0.4) is 0 Å². The average molecular weight is 439 g/mol. The van der Waals surface area contributed by atoms with E-state index in [1.54, 1.807) is 0 Å². The molecule has 1 aliphatic heterocycles. The van der Waals surface area contributed by atoms with Gasteiger partial charge in [-0.15, -0.1) is 0 Å². The van der Waals surface area contributed by atoms with Crippen LogP contribution in [-0.4, -0.2) is 17.7 Å². The molecule has 0 N–H and O–H groups in total. The number of anilines is 1. The van der Waals surface area contributed by atoms with Crippen molar-refractivity contribution in [2.24, 2.45) is 0 Å². The molecular formula is C31H22N2O. The first-order chi connectivity index (χ1) is 16.8. The SMILES string of the molecule is CN1c2ccccc2C2=Cc3c(c4c5c(ccc4n3-c3ccccc3)oc3ccccc35)CC21. The molecular weight excluding hydrogens is 416 g/mol. The lowest BCUT2D eigenvalue weighted by Gasteiger charge is -2.27. The summed E-state index contributed by atoms with van der Waals surface area (Å²) < 4.78 is 8.73. The van der Waals surface area contributed by atoms with Gasteiger partial charge in [0, 0.05) is 40.1 Å². The summed E-state index contributed by atoms with van der Waals surface area (Å²) in [5, 5.41) is 3.74. The summed E-state index contributed by atoms with van der Waals surface area (Å²) in [6.45, 7) is 0. The lowest BCUT2D eigenvalue weighted by molar-refractivity contribution is 0.669. The van der Waals surface area contributed by atoms with E-state index in [4.69, 9.17) is 4.42 Å². The monoisotopic (exact) mass is 438 g/mol. The van der Waals surface area contributed by atoms with E-state index in [-0.39, 0.29) is 0 Å². The molecule has 162 valence electrons. The van der Waals surface area contributed by atoms with E-state index in [1.807, 2.05) is 6.07 Å². The Hall–Kier alpha value is -4.24. The van der Waals surface area contributed by atoms with Gasteiger partial charge in [0.05, 0.1) is 17.3 Å². The predicted molar refractivity (Wildman–Crippen MR) is 141 cm³/mol. The zero-order valence-electron chi connectivity index (χ0n) is 18.8. The van der Waals surface area contributed by atoms with E-state index >= 15 is 0 Å². The fourth-order valence-corrected chi connectivity index (χ4v) is 6.25. The van der Waals surface area contributed by atoms with E-state index in [9.17, 15) is 0 Å². The Balaban J connectivity index is 1.54. The van der Waals surface area contributed by atoms with Crippen molar-refractivity contribution in [1.29, 1.82) is 0 Å². The first-order valence-electron chi connectivity index (χ1n) is 11.9. The number of furan rings is 1. The predicted octanol–water partition coefficient (Wildman–Crippen LogP) is 7.45. The third-order valence-corrected chi connectivity index (χ3v) is 7.74. The third kappa shape index (κ3) is 2.21. The number of rotatable bonds is 1. The molecule has 0 radical (unpaired) electrons.